The number of anilines is 2. The summed E-state index contributed by atoms with van der Waals surface area (Å²) >= 11 is 2.66. The zero-order valence-electron chi connectivity index (χ0n) is 17.6. The molecule has 2 N–H and O–H groups in total. The number of thioether (sulfide) groups is 1. The van der Waals surface area contributed by atoms with Crippen LogP contribution < -0.4 is 15.4 Å². The van der Waals surface area contributed by atoms with E-state index in [-0.39, 0.29) is 35.9 Å². The van der Waals surface area contributed by atoms with Crippen molar-refractivity contribution in [3.05, 3.63) is 40.3 Å². The summed E-state index contributed by atoms with van der Waals surface area (Å²) in [5.74, 6) is -0.0606. The molecule has 166 valence electrons. The fraction of sp³-hybridized carbons (Fsp3) is 0.409. The highest BCUT2D eigenvalue weighted by Gasteiger charge is 2.27. The second kappa shape index (κ2) is 11.2. The van der Waals surface area contributed by atoms with Gasteiger partial charge in [0.05, 0.1) is 36.5 Å². The molecule has 0 aliphatic heterocycles. The van der Waals surface area contributed by atoms with Crippen molar-refractivity contribution in [2.24, 2.45) is 0 Å². The summed E-state index contributed by atoms with van der Waals surface area (Å²) in [7, 11) is 1.54. The van der Waals surface area contributed by atoms with Crippen LogP contribution in [0.15, 0.2) is 24.3 Å². The van der Waals surface area contributed by atoms with Gasteiger partial charge in [0.25, 0.3) is 0 Å². The molecule has 2 aromatic rings. The number of para-hydroxylation sites is 2. The predicted octanol–water partition coefficient (Wildman–Crippen LogP) is 4.12. The van der Waals surface area contributed by atoms with E-state index in [9.17, 15) is 14.4 Å². The van der Waals surface area contributed by atoms with E-state index in [0.29, 0.717) is 22.0 Å². The van der Waals surface area contributed by atoms with Crippen LogP contribution in [-0.4, -0.2) is 43.0 Å². The van der Waals surface area contributed by atoms with Crippen molar-refractivity contribution in [3.63, 3.8) is 0 Å². The van der Waals surface area contributed by atoms with Crippen LogP contribution in [-0.2, 0) is 27.2 Å². The summed E-state index contributed by atoms with van der Waals surface area (Å²) < 4.78 is 10.4. The molecule has 1 aromatic carbocycles. The lowest BCUT2D eigenvalue weighted by Gasteiger charge is -2.12. The van der Waals surface area contributed by atoms with Gasteiger partial charge < -0.3 is 20.1 Å². The first kappa shape index (κ1) is 23.1. The summed E-state index contributed by atoms with van der Waals surface area (Å²) in [4.78, 5) is 38.3. The Kier molecular flexibility index (Phi) is 8.36. The van der Waals surface area contributed by atoms with Crippen LogP contribution in [0.1, 0.15) is 40.6 Å². The van der Waals surface area contributed by atoms with Gasteiger partial charge in [-0.25, -0.2) is 4.79 Å². The maximum atomic E-state index is 12.5. The van der Waals surface area contributed by atoms with Gasteiger partial charge in [-0.2, -0.15) is 0 Å². The third-order valence-corrected chi connectivity index (χ3v) is 6.89. The molecule has 1 aromatic heterocycles. The van der Waals surface area contributed by atoms with E-state index in [1.807, 2.05) is 6.07 Å². The van der Waals surface area contributed by atoms with Crippen LogP contribution >= 0.6 is 23.1 Å². The van der Waals surface area contributed by atoms with E-state index in [4.69, 9.17) is 9.47 Å². The van der Waals surface area contributed by atoms with Crippen molar-refractivity contribution in [1.29, 1.82) is 0 Å². The van der Waals surface area contributed by atoms with Gasteiger partial charge in [-0.1, -0.05) is 12.1 Å². The monoisotopic (exact) mass is 462 g/mol. The number of methoxy groups -OCH3 is 1. The van der Waals surface area contributed by atoms with Crippen LogP contribution in [0.4, 0.5) is 10.7 Å². The molecule has 3 rings (SSSR count). The maximum Gasteiger partial charge on any atom is 0.341 e. The Labute approximate surface area is 189 Å². The molecule has 0 saturated heterocycles. The number of thiophene rings is 1. The molecule has 0 bridgehead atoms. The fourth-order valence-corrected chi connectivity index (χ4v) is 5.32. The number of carbonyl (C=O) groups excluding carboxylic acids is 3. The van der Waals surface area contributed by atoms with Gasteiger partial charge in [0, 0.05) is 4.88 Å². The molecule has 0 unspecified atom stereocenters. The molecule has 1 heterocycles. The third-order valence-electron chi connectivity index (χ3n) is 4.75. The standard InChI is InChI=1S/C22H26N2O5S2/c1-3-29-22(27)20-14-8-4-7-11-17(14)31-21(20)24-19(26)13-30-12-18(25)23-15-9-5-6-10-16(15)28-2/h5-6,9-10H,3-4,7-8,11-13H2,1-2H3,(H,23,25)(H,24,26). The first-order valence-corrected chi connectivity index (χ1v) is 12.1. The summed E-state index contributed by atoms with van der Waals surface area (Å²) in [6.07, 6.45) is 3.86. The quantitative estimate of drug-likeness (QED) is 0.545. The Hall–Kier alpha value is -2.52. The highest BCUT2D eigenvalue weighted by atomic mass is 32.2. The largest absolute Gasteiger partial charge is 0.495 e. The second-order valence-electron chi connectivity index (χ2n) is 6.92. The van der Waals surface area contributed by atoms with E-state index in [2.05, 4.69) is 10.6 Å². The minimum atomic E-state index is -0.388. The molecule has 0 atom stereocenters. The molecular formula is C22H26N2O5S2. The molecule has 1 aliphatic rings. The predicted molar refractivity (Wildman–Crippen MR) is 124 cm³/mol. The smallest absolute Gasteiger partial charge is 0.341 e. The Bertz CT molecular complexity index is 957. The van der Waals surface area contributed by atoms with Crippen LogP contribution in [0.25, 0.3) is 0 Å². The fourth-order valence-electron chi connectivity index (χ4n) is 3.41. The molecule has 0 radical (unpaired) electrons. The summed E-state index contributed by atoms with van der Waals surface area (Å²) in [5, 5.41) is 6.19. The van der Waals surface area contributed by atoms with Gasteiger partial charge in [0.15, 0.2) is 0 Å². The van der Waals surface area contributed by atoms with Crippen molar-refractivity contribution in [1.82, 2.24) is 0 Å². The number of ether oxygens (including phenoxy) is 2. The lowest BCUT2D eigenvalue weighted by Crippen LogP contribution is -2.19. The SMILES string of the molecule is CCOC(=O)c1c(NC(=O)CSCC(=O)Nc2ccccc2OC)sc2c1CCCC2. The minimum Gasteiger partial charge on any atom is -0.495 e. The molecule has 1 aliphatic carbocycles. The van der Waals surface area contributed by atoms with Crippen molar-refractivity contribution >= 4 is 51.6 Å². The Balaban J connectivity index is 1.55. The van der Waals surface area contributed by atoms with Gasteiger partial charge in [0.1, 0.15) is 10.8 Å². The first-order chi connectivity index (χ1) is 15.0. The molecule has 0 spiro atoms. The van der Waals surface area contributed by atoms with Gasteiger partial charge in [0.2, 0.25) is 11.8 Å². The highest BCUT2D eigenvalue weighted by Crippen LogP contribution is 2.38. The lowest BCUT2D eigenvalue weighted by molar-refractivity contribution is -0.114. The number of rotatable bonds is 9. The molecule has 2 amide bonds. The van der Waals surface area contributed by atoms with E-state index in [1.54, 1.807) is 25.1 Å². The molecule has 31 heavy (non-hydrogen) atoms. The third kappa shape index (κ3) is 6.01. The second-order valence-corrected chi connectivity index (χ2v) is 9.02. The number of benzene rings is 1. The van der Waals surface area contributed by atoms with Gasteiger partial charge in [-0.3, -0.25) is 9.59 Å². The molecular weight excluding hydrogens is 436 g/mol. The van der Waals surface area contributed by atoms with Crippen LogP contribution in [0.3, 0.4) is 0 Å². The number of hydrogen-bond acceptors (Lipinski definition) is 7. The van der Waals surface area contributed by atoms with Crippen molar-refractivity contribution in [3.8, 4) is 5.75 Å². The van der Waals surface area contributed by atoms with Crippen LogP contribution in [0.2, 0.25) is 0 Å². The van der Waals surface area contributed by atoms with Crippen LogP contribution in [0, 0.1) is 0 Å². The van der Waals surface area contributed by atoms with E-state index in [0.717, 1.165) is 36.1 Å². The van der Waals surface area contributed by atoms with Gasteiger partial charge in [-0.15, -0.1) is 23.1 Å². The maximum absolute atomic E-state index is 12.5. The molecule has 0 fully saturated rings. The number of fused-ring (bicyclic) bond motifs is 1. The average Bonchev–Trinajstić information content (AvgIpc) is 3.12. The zero-order chi connectivity index (χ0) is 22.2. The van der Waals surface area contributed by atoms with Crippen molar-refractivity contribution < 1.29 is 23.9 Å². The number of nitrogens with one attached hydrogen (secondary N) is 2. The molecule has 0 saturated carbocycles. The average molecular weight is 463 g/mol. The topological polar surface area (TPSA) is 93.7 Å². The summed E-state index contributed by atoms with van der Waals surface area (Å²) in [5.41, 5.74) is 2.09. The Morgan fingerprint density at radius 1 is 1.06 bits per heavy atom. The van der Waals surface area contributed by atoms with E-state index in [1.165, 1.54) is 30.2 Å². The number of carbonyl (C=O) groups is 3. The summed E-state index contributed by atoms with van der Waals surface area (Å²) in [6, 6.07) is 7.14. The molecule has 9 heteroatoms. The lowest BCUT2D eigenvalue weighted by atomic mass is 9.95. The van der Waals surface area contributed by atoms with Crippen molar-refractivity contribution in [2.75, 3.05) is 35.9 Å². The number of aryl methyl sites for hydroxylation is 1. The van der Waals surface area contributed by atoms with Crippen LogP contribution in [0.5, 0.6) is 5.75 Å². The van der Waals surface area contributed by atoms with Gasteiger partial charge >= 0.3 is 5.97 Å². The summed E-state index contributed by atoms with van der Waals surface area (Å²) in [6.45, 7) is 2.05. The van der Waals surface area contributed by atoms with E-state index >= 15 is 0 Å². The Morgan fingerprint density at radius 3 is 2.52 bits per heavy atom. The first-order valence-electron chi connectivity index (χ1n) is 10.2. The normalized spacial score (nSPS) is 12.6. The highest BCUT2D eigenvalue weighted by molar-refractivity contribution is 8.00. The Morgan fingerprint density at radius 2 is 1.77 bits per heavy atom. The molecule has 7 nitrogen and oxygen atoms in total. The van der Waals surface area contributed by atoms with E-state index < -0.39 is 0 Å². The number of amides is 2. The minimum absolute atomic E-state index is 0.101. The number of esters is 1. The zero-order valence-corrected chi connectivity index (χ0v) is 19.2. The van der Waals surface area contributed by atoms with Gasteiger partial charge in [-0.05, 0) is 50.3 Å². The number of hydrogen-bond donors (Lipinski definition) is 2. The van der Waals surface area contributed by atoms with Crippen molar-refractivity contribution in [2.45, 2.75) is 32.6 Å².